The van der Waals surface area contributed by atoms with Gasteiger partial charge in [0.1, 0.15) is 0 Å². The van der Waals surface area contributed by atoms with Crippen LogP contribution in [0.3, 0.4) is 0 Å². The largest absolute Gasteiger partial charge is 0.452 e. The van der Waals surface area contributed by atoms with E-state index >= 15 is 0 Å². The quantitative estimate of drug-likeness (QED) is 0.428. The third-order valence-electron chi connectivity index (χ3n) is 4.07. The number of hydrogen-bond donors (Lipinski definition) is 0. The summed E-state index contributed by atoms with van der Waals surface area (Å²) in [4.78, 5) is 48.6. The predicted octanol–water partition coefficient (Wildman–Crippen LogP) is 3.69. The smallest absolute Gasteiger partial charge is 0.417 e. The summed E-state index contributed by atoms with van der Waals surface area (Å²) in [5.41, 5.74) is 0.301. The highest BCUT2D eigenvalue weighted by Gasteiger charge is 2.36. The highest BCUT2D eigenvalue weighted by Crippen LogP contribution is 2.31. The molecule has 0 heterocycles. The van der Waals surface area contributed by atoms with Crippen molar-refractivity contribution in [1.29, 1.82) is 0 Å². The lowest BCUT2D eigenvalue weighted by Gasteiger charge is -2.30. The summed E-state index contributed by atoms with van der Waals surface area (Å²) in [7, 11) is 1.11. The van der Waals surface area contributed by atoms with Gasteiger partial charge in [0.2, 0.25) is 0 Å². The van der Waals surface area contributed by atoms with Gasteiger partial charge in [-0.05, 0) is 36.8 Å². The van der Waals surface area contributed by atoms with Crippen molar-refractivity contribution in [3.8, 4) is 0 Å². The first kappa shape index (κ1) is 20.5. The maximum Gasteiger partial charge on any atom is 0.417 e. The molecule has 28 heavy (non-hydrogen) atoms. The zero-order valence-electron chi connectivity index (χ0n) is 15.3. The van der Waals surface area contributed by atoms with E-state index in [4.69, 9.17) is 4.74 Å². The third kappa shape index (κ3) is 4.29. The van der Waals surface area contributed by atoms with Crippen LogP contribution in [-0.4, -0.2) is 34.7 Å². The molecule has 2 amide bonds. The van der Waals surface area contributed by atoms with E-state index < -0.39 is 28.7 Å². The molecule has 2 aromatic rings. The van der Waals surface area contributed by atoms with Crippen molar-refractivity contribution in [2.45, 2.75) is 13.0 Å². The molecule has 0 aliphatic rings. The highest BCUT2D eigenvalue weighted by molar-refractivity contribution is 6.05. The number of ether oxygens (including phenoxy) is 1. The average molecular weight is 382 g/mol. The van der Waals surface area contributed by atoms with Gasteiger partial charge >= 0.3 is 6.09 Å². The Bertz CT molecular complexity index is 921. The van der Waals surface area contributed by atoms with Gasteiger partial charge < -0.3 is 4.74 Å². The van der Waals surface area contributed by atoms with Crippen LogP contribution in [0.5, 0.6) is 0 Å². The van der Waals surface area contributed by atoms with Crippen LogP contribution in [0.4, 0.5) is 10.5 Å². The number of imide groups is 1. The van der Waals surface area contributed by atoms with Crippen LogP contribution in [-0.2, 0) is 9.53 Å². The maximum absolute atomic E-state index is 13.0. The van der Waals surface area contributed by atoms with Gasteiger partial charge in [-0.15, -0.1) is 0 Å². The van der Waals surface area contributed by atoms with Crippen molar-refractivity contribution in [1.82, 2.24) is 4.90 Å². The summed E-state index contributed by atoms with van der Waals surface area (Å²) < 4.78 is 4.75. The van der Waals surface area contributed by atoms with E-state index in [1.807, 2.05) is 0 Å². The van der Waals surface area contributed by atoms with Gasteiger partial charge in [0.25, 0.3) is 11.6 Å². The zero-order valence-corrected chi connectivity index (χ0v) is 15.3. The first-order valence-corrected chi connectivity index (χ1v) is 8.18. The first-order valence-electron chi connectivity index (χ1n) is 8.18. The molecule has 8 heteroatoms. The summed E-state index contributed by atoms with van der Waals surface area (Å²) >= 11 is 0. The Morgan fingerprint density at radius 3 is 2.11 bits per heavy atom. The molecular formula is C20H18N2O6. The summed E-state index contributed by atoms with van der Waals surface area (Å²) in [5.74, 6) is -1.14. The molecule has 8 nitrogen and oxygen atoms in total. The Labute approximate surface area is 161 Å². The van der Waals surface area contributed by atoms with E-state index in [0.717, 1.165) is 12.0 Å². The minimum Gasteiger partial charge on any atom is -0.452 e. The van der Waals surface area contributed by atoms with Crippen molar-refractivity contribution in [2.75, 3.05) is 7.11 Å². The fourth-order valence-electron chi connectivity index (χ4n) is 2.60. The van der Waals surface area contributed by atoms with E-state index in [1.54, 1.807) is 18.2 Å². The number of ketones is 1. The second kappa shape index (κ2) is 8.72. The molecular weight excluding hydrogens is 364 g/mol. The third-order valence-corrected chi connectivity index (χ3v) is 4.07. The number of amides is 2. The van der Waals surface area contributed by atoms with E-state index in [9.17, 15) is 24.5 Å². The molecule has 0 saturated carbocycles. The van der Waals surface area contributed by atoms with Crippen molar-refractivity contribution in [2.24, 2.45) is 0 Å². The van der Waals surface area contributed by atoms with Crippen LogP contribution in [0.2, 0.25) is 0 Å². The second-order valence-corrected chi connectivity index (χ2v) is 5.84. The summed E-state index contributed by atoms with van der Waals surface area (Å²) in [6.45, 7) is 4.97. The zero-order chi connectivity index (χ0) is 20.8. The SMILES string of the molecule is C=C(C(C)=O)C(c1ccc([N+](=O)[O-])cc1)N(C(=O)OC)C(=O)c1ccccc1. The molecule has 0 radical (unpaired) electrons. The normalized spacial score (nSPS) is 11.2. The van der Waals surface area contributed by atoms with Gasteiger partial charge in [-0.1, -0.05) is 24.8 Å². The Hall–Kier alpha value is -3.81. The molecule has 2 rings (SSSR count). The molecule has 0 aliphatic heterocycles. The van der Waals surface area contributed by atoms with Gasteiger partial charge in [-0.3, -0.25) is 19.7 Å². The van der Waals surface area contributed by atoms with Crippen LogP contribution < -0.4 is 0 Å². The molecule has 2 aromatic carbocycles. The van der Waals surface area contributed by atoms with Crippen molar-refractivity contribution >= 4 is 23.5 Å². The molecule has 144 valence electrons. The standard InChI is InChI=1S/C20H18N2O6/c1-13(14(2)23)18(15-9-11-17(12-10-15)22(26)27)21(20(25)28-3)19(24)16-7-5-4-6-8-16/h4-12,18H,1H2,2-3H3. The number of nitrogens with zero attached hydrogens (tertiary/aromatic N) is 2. The van der Waals surface area contributed by atoms with Crippen LogP contribution in [0.15, 0.2) is 66.7 Å². The maximum atomic E-state index is 13.0. The number of nitro benzene ring substituents is 1. The predicted molar refractivity (Wildman–Crippen MR) is 101 cm³/mol. The minimum atomic E-state index is -1.18. The van der Waals surface area contributed by atoms with Crippen molar-refractivity contribution < 1.29 is 24.0 Å². The number of carbonyl (C=O) groups is 3. The number of nitro groups is 1. The van der Waals surface area contributed by atoms with Crippen molar-refractivity contribution in [3.05, 3.63) is 88.0 Å². The molecule has 0 saturated heterocycles. The Morgan fingerprint density at radius 1 is 1.07 bits per heavy atom. The van der Waals surface area contributed by atoms with E-state index in [-0.39, 0.29) is 16.8 Å². The summed E-state index contributed by atoms with van der Waals surface area (Å²) in [6.07, 6.45) is -0.986. The first-order chi connectivity index (χ1) is 13.3. The molecule has 0 N–H and O–H groups in total. The lowest BCUT2D eigenvalue weighted by atomic mass is 9.95. The second-order valence-electron chi connectivity index (χ2n) is 5.84. The monoisotopic (exact) mass is 382 g/mol. The number of methoxy groups -OCH3 is 1. The molecule has 0 spiro atoms. The number of Topliss-reactive ketones (excluding diaryl/α,β-unsaturated/α-hetero) is 1. The molecule has 1 atom stereocenters. The van der Waals surface area contributed by atoms with Crippen LogP contribution in [0.25, 0.3) is 0 Å². The Kier molecular flexibility index (Phi) is 6.38. The average Bonchev–Trinajstić information content (AvgIpc) is 2.71. The Balaban J connectivity index is 2.60. The number of benzene rings is 2. The fraction of sp³-hybridized carbons (Fsp3) is 0.150. The topological polar surface area (TPSA) is 107 Å². The lowest BCUT2D eigenvalue weighted by molar-refractivity contribution is -0.384. The molecule has 0 fully saturated rings. The van der Waals surface area contributed by atoms with Gasteiger partial charge in [-0.25, -0.2) is 9.69 Å². The van der Waals surface area contributed by atoms with Gasteiger partial charge in [-0.2, -0.15) is 0 Å². The van der Waals surface area contributed by atoms with Crippen LogP contribution >= 0.6 is 0 Å². The van der Waals surface area contributed by atoms with Crippen molar-refractivity contribution in [3.63, 3.8) is 0 Å². The number of hydrogen-bond acceptors (Lipinski definition) is 6. The summed E-state index contributed by atoms with van der Waals surface area (Å²) in [6, 6.07) is 12.0. The highest BCUT2D eigenvalue weighted by atomic mass is 16.6. The van der Waals surface area contributed by atoms with Gasteiger partial charge in [0.15, 0.2) is 5.78 Å². The van der Waals surface area contributed by atoms with Crippen LogP contribution in [0.1, 0.15) is 28.9 Å². The molecule has 0 aromatic heterocycles. The van der Waals surface area contributed by atoms with Crippen LogP contribution in [0, 0.1) is 10.1 Å². The van der Waals surface area contributed by atoms with E-state index in [2.05, 4.69) is 6.58 Å². The number of rotatable bonds is 6. The molecule has 1 unspecified atom stereocenters. The molecule has 0 bridgehead atoms. The number of carbonyl (C=O) groups excluding carboxylic acids is 3. The van der Waals surface area contributed by atoms with Gasteiger partial charge in [0.05, 0.1) is 18.1 Å². The number of non-ortho nitro benzene ring substituents is 1. The molecule has 0 aliphatic carbocycles. The van der Waals surface area contributed by atoms with E-state index in [1.165, 1.54) is 43.3 Å². The minimum absolute atomic E-state index is 0.0384. The fourth-order valence-corrected chi connectivity index (χ4v) is 2.60. The Morgan fingerprint density at radius 2 is 1.64 bits per heavy atom. The lowest BCUT2D eigenvalue weighted by Crippen LogP contribution is -2.41. The van der Waals surface area contributed by atoms with E-state index in [0.29, 0.717) is 5.56 Å². The van der Waals surface area contributed by atoms with Gasteiger partial charge in [0, 0.05) is 23.3 Å². The summed E-state index contributed by atoms with van der Waals surface area (Å²) in [5, 5.41) is 10.9.